The smallest absolute Gasteiger partial charge is 0.193 e. The minimum atomic E-state index is 0. The van der Waals surface area contributed by atoms with Crippen molar-refractivity contribution in [3.05, 3.63) is 12.2 Å². The van der Waals surface area contributed by atoms with Crippen LogP contribution in [0.25, 0.3) is 0 Å². The summed E-state index contributed by atoms with van der Waals surface area (Å²) in [7, 11) is 1.95. The van der Waals surface area contributed by atoms with Gasteiger partial charge in [0, 0.05) is 63.3 Å². The Balaban J connectivity index is 0.00000168. The van der Waals surface area contributed by atoms with Crippen molar-refractivity contribution in [2.45, 2.75) is 56.7 Å². The van der Waals surface area contributed by atoms with Crippen molar-refractivity contribution in [1.29, 1.82) is 0 Å². The molecule has 3 heterocycles. The largest absolute Gasteiger partial charge is 0.377 e. The lowest BCUT2D eigenvalue weighted by atomic mass is 9.54. The average molecular weight is 472 g/mol. The molecule has 4 fully saturated rings. The van der Waals surface area contributed by atoms with Crippen molar-refractivity contribution >= 4 is 29.9 Å². The minimum Gasteiger partial charge on any atom is -0.377 e. The van der Waals surface area contributed by atoms with Crippen LogP contribution in [0, 0.1) is 11.3 Å². The number of aliphatic imine (C=N–C) groups is 1. The highest BCUT2D eigenvalue weighted by atomic mass is 127. The molecule has 1 N–H and O–H groups in total. The van der Waals surface area contributed by atoms with Gasteiger partial charge in [0.05, 0.1) is 6.10 Å². The van der Waals surface area contributed by atoms with E-state index in [-0.39, 0.29) is 24.0 Å². The number of fused-ring (bicyclic) bond motifs is 2. The van der Waals surface area contributed by atoms with Crippen LogP contribution in [0.4, 0.5) is 0 Å². The molecular formula is C20H33IN4O. The van der Waals surface area contributed by atoms with Crippen molar-refractivity contribution in [3.63, 3.8) is 0 Å². The van der Waals surface area contributed by atoms with Crippen LogP contribution >= 0.6 is 24.0 Å². The normalized spacial score (nSPS) is 38.5. The highest BCUT2D eigenvalue weighted by molar-refractivity contribution is 14.0. The molecule has 26 heavy (non-hydrogen) atoms. The topological polar surface area (TPSA) is 40.1 Å². The lowest BCUT2D eigenvalue weighted by Crippen LogP contribution is -2.69. The first-order valence-electron chi connectivity index (χ1n) is 10.3. The second-order valence-electron chi connectivity index (χ2n) is 8.67. The van der Waals surface area contributed by atoms with Crippen molar-refractivity contribution in [3.8, 4) is 0 Å². The van der Waals surface area contributed by atoms with Gasteiger partial charge < -0.3 is 15.0 Å². The summed E-state index contributed by atoms with van der Waals surface area (Å²) in [5, 5.41) is 3.92. The summed E-state index contributed by atoms with van der Waals surface area (Å²) in [5.41, 5.74) is 0.398. The monoisotopic (exact) mass is 472 g/mol. The predicted molar refractivity (Wildman–Crippen MR) is 115 cm³/mol. The molecule has 0 aromatic rings. The van der Waals surface area contributed by atoms with Crippen LogP contribution in [0.5, 0.6) is 0 Å². The van der Waals surface area contributed by atoms with Crippen molar-refractivity contribution in [2.75, 3.05) is 39.8 Å². The molecule has 0 aromatic heterocycles. The lowest BCUT2D eigenvalue weighted by Gasteiger charge is -2.57. The number of nitrogens with one attached hydrogen (secondary N) is 1. The number of guanidine groups is 1. The van der Waals surface area contributed by atoms with Crippen LogP contribution in [-0.2, 0) is 4.74 Å². The van der Waals surface area contributed by atoms with Crippen LogP contribution in [0.3, 0.4) is 0 Å². The Morgan fingerprint density at radius 2 is 1.96 bits per heavy atom. The predicted octanol–water partition coefficient (Wildman–Crippen LogP) is 2.47. The van der Waals surface area contributed by atoms with E-state index < -0.39 is 0 Å². The Labute approximate surface area is 174 Å². The Morgan fingerprint density at radius 1 is 1.19 bits per heavy atom. The van der Waals surface area contributed by atoms with Crippen molar-refractivity contribution in [1.82, 2.24) is 15.1 Å². The summed E-state index contributed by atoms with van der Waals surface area (Å²) < 4.78 is 6.14. The van der Waals surface area contributed by atoms with E-state index in [1.165, 1.54) is 38.5 Å². The average Bonchev–Trinajstić information content (AvgIpc) is 3.40. The molecule has 0 aromatic carbocycles. The first-order chi connectivity index (χ1) is 12.3. The van der Waals surface area contributed by atoms with E-state index in [2.05, 4.69) is 32.3 Å². The molecule has 3 aliphatic heterocycles. The Bertz CT molecular complexity index is 566. The maximum Gasteiger partial charge on any atom is 0.193 e. The summed E-state index contributed by atoms with van der Waals surface area (Å²) >= 11 is 0. The molecule has 1 spiro atoms. The molecule has 0 bridgehead atoms. The van der Waals surface area contributed by atoms with Gasteiger partial charge in [0.1, 0.15) is 0 Å². The first-order valence-corrected chi connectivity index (χ1v) is 10.3. The van der Waals surface area contributed by atoms with Crippen LogP contribution in [0.15, 0.2) is 17.1 Å². The van der Waals surface area contributed by atoms with Gasteiger partial charge in [-0.25, -0.2) is 0 Å². The lowest BCUT2D eigenvalue weighted by molar-refractivity contribution is -0.125. The summed E-state index contributed by atoms with van der Waals surface area (Å²) in [6.45, 7) is 5.45. The Morgan fingerprint density at radius 3 is 2.69 bits per heavy atom. The molecule has 0 radical (unpaired) electrons. The molecule has 5 nitrogen and oxygen atoms in total. The fourth-order valence-electron chi connectivity index (χ4n) is 6.37. The summed E-state index contributed by atoms with van der Waals surface area (Å²) in [6.07, 6.45) is 13.0. The maximum atomic E-state index is 6.14. The maximum absolute atomic E-state index is 6.14. The molecule has 0 amide bonds. The molecule has 5 aliphatic rings. The molecule has 6 heteroatoms. The number of halogens is 1. The summed E-state index contributed by atoms with van der Waals surface area (Å²) in [6, 6.07) is 1.26. The van der Waals surface area contributed by atoms with Gasteiger partial charge in [0.25, 0.3) is 0 Å². The van der Waals surface area contributed by atoms with E-state index in [1.54, 1.807) is 0 Å². The standard InChI is InChI=1S/C20H32N4O.HI/c1-21-19(24-12-6-15(14-24)23-10-4-5-11-23)22-17-16-7-13-25-18(16)20(17)8-2-3-9-20;/h4-5,15-18H,2-3,6-14H2,1H3,(H,21,22);1H. The van der Waals surface area contributed by atoms with Gasteiger partial charge in [-0.05, 0) is 25.7 Å². The van der Waals surface area contributed by atoms with Crippen molar-refractivity contribution in [2.24, 2.45) is 16.3 Å². The van der Waals surface area contributed by atoms with Gasteiger partial charge in [0.2, 0.25) is 0 Å². The minimum absolute atomic E-state index is 0. The molecule has 4 atom stereocenters. The van der Waals surface area contributed by atoms with E-state index in [1.807, 2.05) is 7.05 Å². The van der Waals surface area contributed by atoms with E-state index in [0.717, 1.165) is 38.7 Å². The van der Waals surface area contributed by atoms with E-state index >= 15 is 0 Å². The zero-order valence-corrected chi connectivity index (χ0v) is 18.2. The van der Waals surface area contributed by atoms with Gasteiger partial charge in [0.15, 0.2) is 5.96 Å². The van der Waals surface area contributed by atoms with E-state index in [4.69, 9.17) is 4.74 Å². The molecule has 146 valence electrons. The zero-order valence-electron chi connectivity index (χ0n) is 15.9. The Kier molecular flexibility index (Phi) is 5.54. The van der Waals surface area contributed by atoms with Crippen LogP contribution in [0.1, 0.15) is 38.5 Å². The first kappa shape index (κ1) is 19.0. The highest BCUT2D eigenvalue weighted by Gasteiger charge is 2.65. The second-order valence-corrected chi connectivity index (χ2v) is 8.67. The number of likely N-dealkylation sites (tertiary alicyclic amines) is 1. The Hall–Kier alpha value is -0.340. The van der Waals surface area contributed by atoms with Crippen LogP contribution in [-0.4, -0.2) is 73.8 Å². The number of rotatable bonds is 2. The van der Waals surface area contributed by atoms with Gasteiger partial charge in [-0.1, -0.05) is 25.0 Å². The van der Waals surface area contributed by atoms with E-state index in [9.17, 15) is 0 Å². The SMILES string of the molecule is CN=C(NC1C2CCOC2C12CCCC2)N1CCC(N2CC=CC2)C1.I. The van der Waals surface area contributed by atoms with Gasteiger partial charge >= 0.3 is 0 Å². The molecule has 2 aliphatic carbocycles. The highest BCUT2D eigenvalue weighted by Crippen LogP contribution is 2.60. The number of nitrogens with zero attached hydrogens (tertiary/aromatic N) is 3. The van der Waals surface area contributed by atoms with Gasteiger partial charge in [-0.2, -0.15) is 0 Å². The number of hydrogen-bond acceptors (Lipinski definition) is 3. The fourth-order valence-corrected chi connectivity index (χ4v) is 6.37. The fraction of sp³-hybridized carbons (Fsp3) is 0.850. The van der Waals surface area contributed by atoms with Gasteiger partial charge in [-0.3, -0.25) is 9.89 Å². The quantitative estimate of drug-likeness (QED) is 0.290. The summed E-state index contributed by atoms with van der Waals surface area (Å²) in [5.74, 6) is 1.84. The molecule has 5 rings (SSSR count). The molecule has 4 unspecified atom stereocenters. The third-order valence-corrected chi connectivity index (χ3v) is 7.61. The number of hydrogen-bond donors (Lipinski definition) is 1. The van der Waals surface area contributed by atoms with E-state index in [0.29, 0.717) is 29.5 Å². The second kappa shape index (κ2) is 7.59. The third kappa shape index (κ3) is 2.91. The third-order valence-electron chi connectivity index (χ3n) is 7.61. The summed E-state index contributed by atoms with van der Waals surface area (Å²) in [4.78, 5) is 9.77. The van der Waals surface area contributed by atoms with Gasteiger partial charge in [-0.15, -0.1) is 24.0 Å². The number of ether oxygens (including phenoxy) is 1. The van der Waals surface area contributed by atoms with Crippen LogP contribution < -0.4 is 5.32 Å². The molecule has 2 saturated heterocycles. The molecular weight excluding hydrogens is 439 g/mol. The van der Waals surface area contributed by atoms with Crippen LogP contribution in [0.2, 0.25) is 0 Å². The molecule has 2 saturated carbocycles. The van der Waals surface area contributed by atoms with Crippen molar-refractivity contribution < 1.29 is 4.74 Å². The zero-order chi connectivity index (χ0) is 16.9.